The molecular formula is C15H20BrFO3. The van der Waals surface area contributed by atoms with Crippen molar-refractivity contribution in [3.8, 4) is 5.75 Å². The summed E-state index contributed by atoms with van der Waals surface area (Å²) in [4.78, 5) is 11.1. The monoisotopic (exact) mass is 346 g/mol. The standard InChI is InChI=1S/C15H20BrFO3/c1-2-3-4-5-6-7-10-20-12-9-8-11(16)14(17)13(12)15(18)19/h8-9H,2-7,10H2,1H3,(H,18,19). The first-order chi connectivity index (χ1) is 9.57. The average Bonchev–Trinajstić information content (AvgIpc) is 2.41. The predicted molar refractivity (Wildman–Crippen MR) is 79.9 cm³/mol. The summed E-state index contributed by atoms with van der Waals surface area (Å²) in [5.41, 5.74) is -0.412. The molecule has 0 saturated carbocycles. The quantitative estimate of drug-likeness (QED) is 0.638. The number of unbranched alkanes of at least 4 members (excludes halogenated alkanes) is 5. The van der Waals surface area contributed by atoms with Gasteiger partial charge in [-0.3, -0.25) is 0 Å². The van der Waals surface area contributed by atoms with Crippen LogP contribution in [0.25, 0.3) is 0 Å². The smallest absolute Gasteiger partial charge is 0.342 e. The van der Waals surface area contributed by atoms with E-state index in [2.05, 4.69) is 22.9 Å². The highest BCUT2D eigenvalue weighted by molar-refractivity contribution is 9.10. The number of rotatable bonds is 9. The van der Waals surface area contributed by atoms with Crippen molar-refractivity contribution >= 4 is 21.9 Å². The van der Waals surface area contributed by atoms with Gasteiger partial charge < -0.3 is 9.84 Å². The molecule has 0 unspecified atom stereocenters. The largest absolute Gasteiger partial charge is 0.493 e. The number of benzene rings is 1. The maximum atomic E-state index is 13.7. The lowest BCUT2D eigenvalue weighted by atomic mass is 10.1. The van der Waals surface area contributed by atoms with Gasteiger partial charge in [-0.25, -0.2) is 9.18 Å². The zero-order valence-corrected chi connectivity index (χ0v) is 13.2. The molecule has 1 aromatic rings. The lowest BCUT2D eigenvalue weighted by molar-refractivity contribution is 0.0686. The number of carbonyl (C=O) groups is 1. The molecule has 0 aromatic heterocycles. The molecule has 0 fully saturated rings. The van der Waals surface area contributed by atoms with Gasteiger partial charge in [-0.1, -0.05) is 39.0 Å². The van der Waals surface area contributed by atoms with Crippen molar-refractivity contribution in [3.63, 3.8) is 0 Å². The van der Waals surface area contributed by atoms with Crippen LogP contribution in [0.5, 0.6) is 5.75 Å². The minimum Gasteiger partial charge on any atom is -0.493 e. The molecule has 1 rings (SSSR count). The third-order valence-corrected chi connectivity index (χ3v) is 3.64. The van der Waals surface area contributed by atoms with Crippen LogP contribution in [-0.4, -0.2) is 17.7 Å². The summed E-state index contributed by atoms with van der Waals surface area (Å²) in [5, 5.41) is 9.03. The molecule has 0 saturated heterocycles. The van der Waals surface area contributed by atoms with Crippen LogP contribution in [0, 0.1) is 5.82 Å². The van der Waals surface area contributed by atoms with Crippen LogP contribution in [0.4, 0.5) is 4.39 Å². The third-order valence-electron chi connectivity index (χ3n) is 3.03. The molecule has 0 heterocycles. The van der Waals surface area contributed by atoms with Gasteiger partial charge in [0.2, 0.25) is 0 Å². The van der Waals surface area contributed by atoms with Crippen molar-refractivity contribution in [3.05, 3.63) is 28.0 Å². The molecule has 1 N–H and O–H groups in total. The van der Waals surface area contributed by atoms with Gasteiger partial charge in [-0.2, -0.15) is 0 Å². The Hall–Kier alpha value is -1.10. The fraction of sp³-hybridized carbons (Fsp3) is 0.533. The number of carboxylic acids is 1. The molecule has 0 spiro atoms. The van der Waals surface area contributed by atoms with Crippen LogP contribution < -0.4 is 4.74 Å². The lowest BCUT2D eigenvalue weighted by Gasteiger charge is -2.10. The van der Waals surface area contributed by atoms with E-state index >= 15 is 0 Å². The molecular weight excluding hydrogens is 327 g/mol. The molecule has 0 bridgehead atoms. The molecule has 0 amide bonds. The van der Waals surface area contributed by atoms with E-state index < -0.39 is 17.3 Å². The number of hydrogen-bond donors (Lipinski definition) is 1. The van der Waals surface area contributed by atoms with Crippen molar-refractivity contribution < 1.29 is 19.0 Å². The van der Waals surface area contributed by atoms with Crippen LogP contribution in [0.1, 0.15) is 55.8 Å². The highest BCUT2D eigenvalue weighted by Crippen LogP contribution is 2.28. The summed E-state index contributed by atoms with van der Waals surface area (Å²) in [6, 6.07) is 2.94. The Morgan fingerprint density at radius 2 is 1.90 bits per heavy atom. The molecule has 3 nitrogen and oxygen atoms in total. The van der Waals surface area contributed by atoms with Crippen molar-refractivity contribution in [1.29, 1.82) is 0 Å². The Balaban J connectivity index is 2.48. The van der Waals surface area contributed by atoms with Crippen molar-refractivity contribution in [2.75, 3.05) is 6.61 Å². The highest BCUT2D eigenvalue weighted by Gasteiger charge is 2.19. The Bertz CT molecular complexity index is 449. The summed E-state index contributed by atoms with van der Waals surface area (Å²) < 4.78 is 19.2. The van der Waals surface area contributed by atoms with Crippen LogP contribution >= 0.6 is 15.9 Å². The number of carboxylic acid groups (broad SMARTS) is 1. The van der Waals surface area contributed by atoms with Crippen molar-refractivity contribution in [1.82, 2.24) is 0 Å². The van der Waals surface area contributed by atoms with Gasteiger partial charge in [0.15, 0.2) is 5.82 Å². The second kappa shape index (κ2) is 8.95. The van der Waals surface area contributed by atoms with E-state index in [1.807, 2.05) is 0 Å². The second-order valence-electron chi connectivity index (χ2n) is 4.66. The summed E-state index contributed by atoms with van der Waals surface area (Å²) in [5.74, 6) is -2.02. The summed E-state index contributed by atoms with van der Waals surface area (Å²) in [6.45, 7) is 2.58. The third kappa shape index (κ3) is 5.12. The molecule has 0 radical (unpaired) electrons. The Morgan fingerprint density at radius 3 is 2.55 bits per heavy atom. The van der Waals surface area contributed by atoms with Gasteiger partial charge in [-0.15, -0.1) is 0 Å². The number of hydrogen-bond acceptors (Lipinski definition) is 2. The molecule has 0 aliphatic carbocycles. The van der Waals surface area contributed by atoms with Gasteiger partial charge in [0.05, 0.1) is 11.1 Å². The lowest BCUT2D eigenvalue weighted by Crippen LogP contribution is -2.07. The van der Waals surface area contributed by atoms with Gasteiger partial charge in [0, 0.05) is 0 Å². The van der Waals surface area contributed by atoms with E-state index in [-0.39, 0.29) is 10.2 Å². The zero-order valence-electron chi connectivity index (χ0n) is 11.6. The van der Waals surface area contributed by atoms with E-state index in [1.165, 1.54) is 31.4 Å². The van der Waals surface area contributed by atoms with Crippen LogP contribution in [0.2, 0.25) is 0 Å². The fourth-order valence-corrected chi connectivity index (χ4v) is 2.25. The predicted octanol–water partition coefficient (Wildman–Crippen LogP) is 5.03. The SMILES string of the molecule is CCCCCCCCOc1ccc(Br)c(F)c1C(=O)O. The Morgan fingerprint density at radius 1 is 1.25 bits per heavy atom. The summed E-state index contributed by atoms with van der Waals surface area (Å²) >= 11 is 2.97. The van der Waals surface area contributed by atoms with Gasteiger partial charge in [-0.05, 0) is 34.5 Å². The van der Waals surface area contributed by atoms with E-state index in [0.29, 0.717) is 6.61 Å². The van der Waals surface area contributed by atoms with Crippen LogP contribution in [0.15, 0.2) is 16.6 Å². The normalized spacial score (nSPS) is 10.6. The molecule has 20 heavy (non-hydrogen) atoms. The number of halogens is 2. The van der Waals surface area contributed by atoms with E-state index in [4.69, 9.17) is 9.84 Å². The first kappa shape index (κ1) is 17.0. The highest BCUT2D eigenvalue weighted by atomic mass is 79.9. The first-order valence-electron chi connectivity index (χ1n) is 6.92. The number of aromatic carboxylic acids is 1. The maximum Gasteiger partial charge on any atom is 0.342 e. The molecule has 0 aliphatic rings. The molecule has 5 heteroatoms. The first-order valence-corrected chi connectivity index (χ1v) is 7.71. The number of ether oxygens (including phenoxy) is 1. The van der Waals surface area contributed by atoms with E-state index in [9.17, 15) is 9.18 Å². The molecule has 112 valence electrons. The molecule has 0 atom stereocenters. The Labute approximate surface area is 127 Å². The molecule has 0 aliphatic heterocycles. The van der Waals surface area contributed by atoms with Gasteiger partial charge >= 0.3 is 5.97 Å². The fourth-order valence-electron chi connectivity index (χ4n) is 1.92. The second-order valence-corrected chi connectivity index (χ2v) is 5.51. The summed E-state index contributed by atoms with van der Waals surface area (Å²) in [7, 11) is 0. The van der Waals surface area contributed by atoms with Crippen LogP contribution in [-0.2, 0) is 0 Å². The average molecular weight is 347 g/mol. The zero-order chi connectivity index (χ0) is 15.0. The van der Waals surface area contributed by atoms with E-state index in [0.717, 1.165) is 19.3 Å². The maximum absolute atomic E-state index is 13.7. The van der Waals surface area contributed by atoms with E-state index in [1.54, 1.807) is 0 Å². The minimum atomic E-state index is -1.32. The van der Waals surface area contributed by atoms with Crippen molar-refractivity contribution in [2.24, 2.45) is 0 Å². The van der Waals surface area contributed by atoms with Gasteiger partial charge in [0.25, 0.3) is 0 Å². The van der Waals surface area contributed by atoms with Crippen molar-refractivity contribution in [2.45, 2.75) is 45.4 Å². The molecule has 1 aromatic carbocycles. The topological polar surface area (TPSA) is 46.5 Å². The Kier molecular flexibility index (Phi) is 7.59. The summed E-state index contributed by atoms with van der Waals surface area (Å²) in [6.07, 6.45) is 6.70. The minimum absolute atomic E-state index is 0.0896. The van der Waals surface area contributed by atoms with Crippen LogP contribution in [0.3, 0.4) is 0 Å². The van der Waals surface area contributed by atoms with Gasteiger partial charge in [0.1, 0.15) is 11.3 Å².